The van der Waals surface area contributed by atoms with Gasteiger partial charge in [0.15, 0.2) is 0 Å². The van der Waals surface area contributed by atoms with Gasteiger partial charge in [-0.2, -0.15) is 0 Å². The summed E-state index contributed by atoms with van der Waals surface area (Å²) < 4.78 is 11.1. The van der Waals surface area contributed by atoms with Crippen LogP contribution in [0.4, 0.5) is 0 Å². The Kier molecular flexibility index (Phi) is 4.43. The predicted octanol–water partition coefficient (Wildman–Crippen LogP) is 1.79. The molecule has 6 heteroatoms. The van der Waals surface area contributed by atoms with E-state index in [-0.39, 0.29) is 17.6 Å². The van der Waals surface area contributed by atoms with Gasteiger partial charge < -0.3 is 19.4 Å². The first-order chi connectivity index (χ1) is 11.4. The van der Waals surface area contributed by atoms with E-state index in [0.717, 1.165) is 5.39 Å². The summed E-state index contributed by atoms with van der Waals surface area (Å²) in [5.41, 5.74) is -0.418. The smallest absolute Gasteiger partial charge is 0.270 e. The van der Waals surface area contributed by atoms with Crippen molar-refractivity contribution >= 4 is 16.7 Å². The van der Waals surface area contributed by atoms with E-state index in [2.05, 4.69) is 4.98 Å². The molecule has 0 spiro atoms. The molecule has 1 saturated heterocycles. The van der Waals surface area contributed by atoms with Gasteiger partial charge in [-0.1, -0.05) is 18.2 Å². The monoisotopic (exact) mass is 330 g/mol. The number of carbonyl (C=O) groups is 1. The Morgan fingerprint density at radius 1 is 1.42 bits per heavy atom. The fourth-order valence-corrected chi connectivity index (χ4v) is 3.22. The molecular formula is C18H22N2O4. The van der Waals surface area contributed by atoms with Crippen molar-refractivity contribution in [3.63, 3.8) is 0 Å². The molecule has 0 saturated carbocycles. The Morgan fingerprint density at radius 2 is 2.17 bits per heavy atom. The first-order valence-corrected chi connectivity index (χ1v) is 7.98. The van der Waals surface area contributed by atoms with Crippen molar-refractivity contribution in [1.29, 1.82) is 0 Å². The van der Waals surface area contributed by atoms with Gasteiger partial charge in [0.2, 0.25) is 0 Å². The highest BCUT2D eigenvalue weighted by Crippen LogP contribution is 2.23. The van der Waals surface area contributed by atoms with Crippen LogP contribution >= 0.6 is 0 Å². The summed E-state index contributed by atoms with van der Waals surface area (Å²) in [6.45, 7) is 5.20. The van der Waals surface area contributed by atoms with Crippen molar-refractivity contribution in [3.8, 4) is 0 Å². The number of H-pyrrole nitrogens is 1. The maximum atomic E-state index is 12.9. The minimum Gasteiger partial charge on any atom is -0.382 e. The fraction of sp³-hybridized carbons (Fsp3) is 0.444. The van der Waals surface area contributed by atoms with E-state index >= 15 is 0 Å². The summed E-state index contributed by atoms with van der Waals surface area (Å²) in [6, 6.07) is 8.96. The average molecular weight is 330 g/mol. The number of methoxy groups -OCH3 is 1. The Bertz CT molecular complexity index is 812. The van der Waals surface area contributed by atoms with Gasteiger partial charge in [0.25, 0.3) is 11.5 Å². The van der Waals surface area contributed by atoms with Crippen molar-refractivity contribution < 1.29 is 14.3 Å². The minimum absolute atomic E-state index is 0.185. The van der Waals surface area contributed by atoms with E-state index in [1.54, 1.807) is 30.2 Å². The fourth-order valence-electron chi connectivity index (χ4n) is 3.22. The predicted molar refractivity (Wildman–Crippen MR) is 91.3 cm³/mol. The van der Waals surface area contributed by atoms with Crippen molar-refractivity contribution in [2.45, 2.75) is 25.6 Å². The second-order valence-corrected chi connectivity index (χ2v) is 6.74. The van der Waals surface area contributed by atoms with Gasteiger partial charge in [0.05, 0.1) is 18.3 Å². The third-order valence-corrected chi connectivity index (χ3v) is 4.10. The maximum Gasteiger partial charge on any atom is 0.270 e. The number of fused-ring (bicyclic) bond motifs is 1. The van der Waals surface area contributed by atoms with E-state index in [1.807, 2.05) is 26.0 Å². The zero-order valence-electron chi connectivity index (χ0n) is 14.2. The maximum absolute atomic E-state index is 12.9. The number of nitrogens with zero attached hydrogens (tertiary/aromatic N) is 1. The molecular weight excluding hydrogens is 308 g/mol. The number of pyridine rings is 1. The molecule has 2 heterocycles. The number of aromatic amines is 1. The molecule has 1 aromatic carbocycles. The number of hydrogen-bond acceptors (Lipinski definition) is 4. The van der Waals surface area contributed by atoms with Gasteiger partial charge in [0, 0.05) is 25.6 Å². The van der Waals surface area contributed by atoms with Gasteiger partial charge in [-0.25, -0.2) is 0 Å². The van der Waals surface area contributed by atoms with Crippen LogP contribution < -0.4 is 5.56 Å². The van der Waals surface area contributed by atoms with Gasteiger partial charge >= 0.3 is 0 Å². The Hall–Kier alpha value is -2.18. The van der Waals surface area contributed by atoms with Crippen LogP contribution in [0.5, 0.6) is 0 Å². The Morgan fingerprint density at radius 3 is 2.92 bits per heavy atom. The number of ether oxygens (including phenoxy) is 2. The summed E-state index contributed by atoms with van der Waals surface area (Å²) in [6.07, 6.45) is -0.185. The average Bonchev–Trinajstić information content (AvgIpc) is 2.53. The summed E-state index contributed by atoms with van der Waals surface area (Å²) in [7, 11) is 1.61. The number of morpholine rings is 1. The molecule has 1 aromatic heterocycles. The third-order valence-electron chi connectivity index (χ3n) is 4.10. The van der Waals surface area contributed by atoms with Gasteiger partial charge in [-0.3, -0.25) is 9.59 Å². The van der Waals surface area contributed by atoms with Crippen LogP contribution in [0.15, 0.2) is 35.1 Å². The lowest BCUT2D eigenvalue weighted by Gasteiger charge is -2.42. The highest BCUT2D eigenvalue weighted by atomic mass is 16.5. The van der Waals surface area contributed by atoms with Crippen LogP contribution in [-0.2, 0) is 9.47 Å². The SMILES string of the molecule is COC[C@@H]1CN(C(=O)c2cc3ccccc3c(=O)[nH]2)CC(C)(C)O1. The van der Waals surface area contributed by atoms with E-state index in [4.69, 9.17) is 9.47 Å². The molecule has 1 N–H and O–H groups in total. The number of aromatic nitrogens is 1. The van der Waals surface area contributed by atoms with Crippen LogP contribution in [-0.4, -0.2) is 54.3 Å². The molecule has 1 fully saturated rings. The number of amides is 1. The van der Waals surface area contributed by atoms with Crippen LogP contribution in [0.25, 0.3) is 10.8 Å². The van der Waals surface area contributed by atoms with Crippen molar-refractivity contribution in [1.82, 2.24) is 9.88 Å². The van der Waals surface area contributed by atoms with Crippen molar-refractivity contribution in [2.24, 2.45) is 0 Å². The van der Waals surface area contributed by atoms with Crippen molar-refractivity contribution in [2.75, 3.05) is 26.8 Å². The molecule has 0 aliphatic carbocycles. The topological polar surface area (TPSA) is 71.6 Å². The van der Waals surface area contributed by atoms with Gasteiger partial charge in [-0.15, -0.1) is 0 Å². The quantitative estimate of drug-likeness (QED) is 0.931. The van der Waals surface area contributed by atoms with Crippen LogP contribution in [0.2, 0.25) is 0 Å². The van der Waals surface area contributed by atoms with E-state index in [0.29, 0.717) is 30.8 Å². The summed E-state index contributed by atoms with van der Waals surface area (Å²) in [5, 5.41) is 1.33. The second-order valence-electron chi connectivity index (χ2n) is 6.74. The summed E-state index contributed by atoms with van der Waals surface area (Å²) in [4.78, 5) is 29.5. The third kappa shape index (κ3) is 3.34. The molecule has 0 unspecified atom stereocenters. The molecule has 1 aliphatic heterocycles. The van der Waals surface area contributed by atoms with Crippen molar-refractivity contribution in [3.05, 3.63) is 46.4 Å². The summed E-state index contributed by atoms with van der Waals surface area (Å²) >= 11 is 0. The number of benzene rings is 1. The highest BCUT2D eigenvalue weighted by Gasteiger charge is 2.36. The highest BCUT2D eigenvalue weighted by molar-refractivity contribution is 5.96. The largest absolute Gasteiger partial charge is 0.382 e. The van der Waals surface area contributed by atoms with Crippen LogP contribution in [0.3, 0.4) is 0 Å². The van der Waals surface area contributed by atoms with E-state index < -0.39 is 5.60 Å². The molecule has 2 aromatic rings. The lowest BCUT2D eigenvalue weighted by molar-refractivity contribution is -0.143. The zero-order chi connectivity index (χ0) is 17.3. The molecule has 1 atom stereocenters. The van der Waals surface area contributed by atoms with Crippen LogP contribution in [0.1, 0.15) is 24.3 Å². The first kappa shape index (κ1) is 16.7. The zero-order valence-corrected chi connectivity index (χ0v) is 14.2. The minimum atomic E-state index is -0.464. The van der Waals surface area contributed by atoms with E-state index in [9.17, 15) is 9.59 Å². The normalized spacial score (nSPS) is 20.3. The number of carbonyl (C=O) groups excluding carboxylic acids is 1. The lowest BCUT2D eigenvalue weighted by atomic mass is 10.0. The molecule has 6 nitrogen and oxygen atoms in total. The van der Waals surface area contributed by atoms with Gasteiger partial charge in [0.1, 0.15) is 5.69 Å². The number of hydrogen-bond donors (Lipinski definition) is 1. The molecule has 0 bridgehead atoms. The van der Waals surface area contributed by atoms with Crippen LogP contribution in [0, 0.1) is 0 Å². The second kappa shape index (κ2) is 6.37. The van der Waals surface area contributed by atoms with E-state index in [1.165, 1.54) is 0 Å². The molecule has 3 rings (SSSR count). The molecule has 24 heavy (non-hydrogen) atoms. The molecule has 128 valence electrons. The Balaban J connectivity index is 1.92. The molecule has 1 amide bonds. The lowest BCUT2D eigenvalue weighted by Crippen LogP contribution is -2.55. The molecule has 0 radical (unpaired) electrons. The Labute approximate surface area is 140 Å². The summed E-state index contributed by atoms with van der Waals surface area (Å²) in [5.74, 6) is -0.199. The first-order valence-electron chi connectivity index (χ1n) is 7.98. The molecule has 1 aliphatic rings. The standard InChI is InChI=1S/C18H22N2O4/c1-18(2)11-20(9-13(24-18)10-23-3)17(22)15-8-12-6-4-5-7-14(12)16(21)19-15/h4-8,13H,9-11H2,1-3H3,(H,19,21)/t13-/m0/s1. The number of rotatable bonds is 3. The number of nitrogens with one attached hydrogen (secondary N) is 1. The van der Waals surface area contributed by atoms with Gasteiger partial charge in [-0.05, 0) is 31.4 Å².